The number of aliphatic carboxylic acids is 1. The topological polar surface area (TPSA) is 80.9 Å². The number of imidazole rings is 1. The van der Waals surface area contributed by atoms with Crippen LogP contribution in [-0.2, 0) is 22.4 Å². The Balaban J connectivity index is 1.79. The normalized spacial score (nSPS) is 12.5. The molecule has 0 amide bonds. The number of hydrogen-bond acceptors (Lipinski definition) is 4. The molecule has 0 saturated heterocycles. The zero-order valence-electron chi connectivity index (χ0n) is 21.4. The van der Waals surface area contributed by atoms with Gasteiger partial charge in [0.1, 0.15) is 11.2 Å². The lowest BCUT2D eigenvalue weighted by Gasteiger charge is -2.22. The minimum Gasteiger partial charge on any atom is -0.481 e. The molecule has 6 heteroatoms. The van der Waals surface area contributed by atoms with E-state index in [1.165, 1.54) is 0 Å². The molecule has 2 aromatic heterocycles. The minimum atomic E-state index is -0.956. The summed E-state index contributed by atoms with van der Waals surface area (Å²) >= 11 is 0. The van der Waals surface area contributed by atoms with Gasteiger partial charge in [0.25, 0.3) is 0 Å². The molecule has 0 fully saturated rings. The number of hydrogen-bond donors (Lipinski definition) is 1. The number of benzene rings is 2. The molecular formula is C30H32N2O4. The Morgan fingerprint density at radius 3 is 2.42 bits per heavy atom. The first kappa shape index (κ1) is 25.2. The molecule has 4 rings (SSSR count). The van der Waals surface area contributed by atoms with E-state index in [0.717, 1.165) is 34.6 Å². The molecular weight excluding hydrogens is 452 g/mol. The highest BCUT2D eigenvalue weighted by molar-refractivity contribution is 5.98. The van der Waals surface area contributed by atoms with E-state index in [9.17, 15) is 14.7 Å². The van der Waals surface area contributed by atoms with Crippen LogP contribution < -0.4 is 0 Å². The zero-order valence-corrected chi connectivity index (χ0v) is 21.4. The summed E-state index contributed by atoms with van der Waals surface area (Å²) in [4.78, 5) is 30.4. The fourth-order valence-electron chi connectivity index (χ4n) is 4.35. The lowest BCUT2D eigenvalue weighted by molar-refractivity contribution is -0.138. The van der Waals surface area contributed by atoms with Gasteiger partial charge in [0, 0.05) is 18.3 Å². The van der Waals surface area contributed by atoms with Crippen LogP contribution in [0.25, 0.3) is 16.8 Å². The lowest BCUT2D eigenvalue weighted by atomic mass is 9.89. The van der Waals surface area contributed by atoms with Crippen molar-refractivity contribution < 1.29 is 19.4 Å². The molecule has 1 N–H and O–H groups in total. The zero-order chi connectivity index (χ0) is 26.0. The number of carboxylic acids is 1. The lowest BCUT2D eigenvalue weighted by Crippen LogP contribution is -2.24. The van der Waals surface area contributed by atoms with Crippen LogP contribution in [0.15, 0.2) is 66.9 Å². The van der Waals surface area contributed by atoms with Gasteiger partial charge in [-0.3, -0.25) is 4.79 Å². The van der Waals surface area contributed by atoms with Crippen LogP contribution in [0.5, 0.6) is 0 Å². The number of esters is 1. The fraction of sp³-hybridized carbons (Fsp3) is 0.300. The molecule has 0 aliphatic rings. The second-order valence-corrected chi connectivity index (χ2v) is 10.1. The molecule has 2 heterocycles. The number of fused-ring (bicyclic) bond motifs is 1. The maximum absolute atomic E-state index is 13.2. The molecule has 0 spiro atoms. The third-order valence-corrected chi connectivity index (χ3v) is 6.17. The number of rotatable bonds is 7. The number of ether oxygens (including phenoxy) is 1. The first-order chi connectivity index (χ1) is 17.1. The van der Waals surface area contributed by atoms with E-state index in [-0.39, 0.29) is 6.42 Å². The van der Waals surface area contributed by atoms with Gasteiger partial charge >= 0.3 is 11.9 Å². The van der Waals surface area contributed by atoms with Gasteiger partial charge < -0.3 is 14.2 Å². The Morgan fingerprint density at radius 1 is 1.06 bits per heavy atom. The maximum atomic E-state index is 13.2. The fourth-order valence-corrected chi connectivity index (χ4v) is 4.35. The van der Waals surface area contributed by atoms with E-state index in [2.05, 4.69) is 4.98 Å². The van der Waals surface area contributed by atoms with Crippen LogP contribution in [0.4, 0.5) is 0 Å². The summed E-state index contributed by atoms with van der Waals surface area (Å²) in [5.41, 5.74) is 5.46. The molecule has 186 valence electrons. The highest BCUT2D eigenvalue weighted by Crippen LogP contribution is 2.31. The van der Waals surface area contributed by atoms with Crippen LogP contribution in [0, 0.1) is 6.92 Å². The van der Waals surface area contributed by atoms with Crippen molar-refractivity contribution in [1.82, 2.24) is 9.38 Å². The monoisotopic (exact) mass is 484 g/mol. The van der Waals surface area contributed by atoms with Crippen LogP contribution in [0.2, 0.25) is 0 Å². The molecule has 1 unspecified atom stereocenters. The van der Waals surface area contributed by atoms with E-state index in [4.69, 9.17) is 4.74 Å². The summed E-state index contributed by atoms with van der Waals surface area (Å²) < 4.78 is 7.67. The first-order valence-electron chi connectivity index (χ1n) is 12.2. The number of aromatic nitrogens is 2. The van der Waals surface area contributed by atoms with E-state index in [1.54, 1.807) is 12.1 Å². The second kappa shape index (κ2) is 9.97. The van der Waals surface area contributed by atoms with Gasteiger partial charge in [-0.2, -0.15) is 0 Å². The number of aryl methyl sites for hydroxylation is 2. The van der Waals surface area contributed by atoms with Crippen molar-refractivity contribution in [1.29, 1.82) is 0 Å². The molecule has 2 aromatic carbocycles. The van der Waals surface area contributed by atoms with Crippen molar-refractivity contribution in [2.75, 3.05) is 0 Å². The standard InChI is InChI=1S/C30H32N2O4/c1-6-22-18-32-23(14-12-19(2)27(32)31-22)17-25(28(33)34)21-13-15-24(20-10-8-7-9-11-20)26(16-21)29(35)36-30(3,4)5/h7-16,18,25H,6,17H2,1-5H3,(H,33,34). The average Bonchev–Trinajstić information content (AvgIpc) is 3.28. The molecule has 0 aliphatic carbocycles. The number of pyridine rings is 1. The molecule has 0 radical (unpaired) electrons. The van der Waals surface area contributed by atoms with Gasteiger partial charge in [0.15, 0.2) is 0 Å². The summed E-state index contributed by atoms with van der Waals surface area (Å²) in [5, 5.41) is 10.2. The van der Waals surface area contributed by atoms with Crippen molar-refractivity contribution in [2.45, 2.75) is 59.0 Å². The number of carboxylic acid groups (broad SMARTS) is 1. The maximum Gasteiger partial charge on any atom is 0.339 e. The summed E-state index contributed by atoms with van der Waals surface area (Å²) in [6.07, 6.45) is 3.02. The first-order valence-corrected chi connectivity index (χ1v) is 12.2. The van der Waals surface area contributed by atoms with Crippen LogP contribution in [0.1, 0.15) is 66.5 Å². The van der Waals surface area contributed by atoms with E-state index in [0.29, 0.717) is 16.7 Å². The van der Waals surface area contributed by atoms with Crippen molar-refractivity contribution in [3.8, 4) is 11.1 Å². The SMILES string of the molecule is CCc1cn2c(CC(C(=O)O)c3ccc(-c4ccccc4)c(C(=O)OC(C)(C)C)c3)ccc(C)c2n1. The molecule has 36 heavy (non-hydrogen) atoms. The van der Waals surface area contributed by atoms with E-state index >= 15 is 0 Å². The van der Waals surface area contributed by atoms with Gasteiger partial charge in [0.05, 0.1) is 17.2 Å². The largest absolute Gasteiger partial charge is 0.481 e. The van der Waals surface area contributed by atoms with Gasteiger partial charge in [0.2, 0.25) is 0 Å². The van der Waals surface area contributed by atoms with Crippen molar-refractivity contribution in [3.05, 3.63) is 94.9 Å². The predicted molar refractivity (Wildman–Crippen MR) is 140 cm³/mol. The molecule has 6 nitrogen and oxygen atoms in total. The highest BCUT2D eigenvalue weighted by Gasteiger charge is 2.26. The van der Waals surface area contributed by atoms with Crippen molar-refractivity contribution >= 4 is 17.6 Å². The van der Waals surface area contributed by atoms with Gasteiger partial charge in [-0.25, -0.2) is 9.78 Å². The van der Waals surface area contributed by atoms with Gasteiger partial charge in [-0.1, -0.05) is 55.5 Å². The molecule has 4 aromatic rings. The van der Waals surface area contributed by atoms with Crippen molar-refractivity contribution in [2.24, 2.45) is 0 Å². The third kappa shape index (κ3) is 5.33. The molecule has 1 atom stereocenters. The highest BCUT2D eigenvalue weighted by atomic mass is 16.6. The molecule has 0 aliphatic heterocycles. The Labute approximate surface area is 211 Å². The van der Waals surface area contributed by atoms with Crippen molar-refractivity contribution in [3.63, 3.8) is 0 Å². The van der Waals surface area contributed by atoms with Crippen LogP contribution >= 0.6 is 0 Å². The van der Waals surface area contributed by atoms with Crippen LogP contribution in [-0.4, -0.2) is 32.0 Å². The van der Waals surface area contributed by atoms with Gasteiger partial charge in [-0.15, -0.1) is 0 Å². The Morgan fingerprint density at radius 2 is 1.78 bits per heavy atom. The average molecular weight is 485 g/mol. The molecule has 0 bridgehead atoms. The predicted octanol–water partition coefficient (Wildman–Crippen LogP) is 6.24. The smallest absolute Gasteiger partial charge is 0.339 e. The Kier molecular flexibility index (Phi) is 6.97. The second-order valence-electron chi connectivity index (χ2n) is 10.1. The Bertz CT molecular complexity index is 1410. The third-order valence-electron chi connectivity index (χ3n) is 6.17. The summed E-state index contributed by atoms with van der Waals surface area (Å²) in [6.45, 7) is 9.49. The summed E-state index contributed by atoms with van der Waals surface area (Å²) in [6, 6.07) is 18.8. The van der Waals surface area contributed by atoms with Crippen LogP contribution in [0.3, 0.4) is 0 Å². The molecule has 0 saturated carbocycles. The van der Waals surface area contributed by atoms with E-state index < -0.39 is 23.5 Å². The number of carbonyl (C=O) groups excluding carboxylic acids is 1. The summed E-state index contributed by atoms with van der Waals surface area (Å²) in [5.74, 6) is -2.29. The number of carbonyl (C=O) groups is 2. The van der Waals surface area contributed by atoms with Gasteiger partial charge in [-0.05, 0) is 68.5 Å². The number of nitrogens with zero attached hydrogens (tertiary/aromatic N) is 2. The minimum absolute atomic E-state index is 0.254. The summed E-state index contributed by atoms with van der Waals surface area (Å²) in [7, 11) is 0. The van der Waals surface area contributed by atoms with E-state index in [1.807, 2.05) is 93.7 Å². The Hall–Kier alpha value is -3.93. The quantitative estimate of drug-likeness (QED) is 0.314.